The number of hydrogen-bond acceptors (Lipinski definition) is 1. The van der Waals surface area contributed by atoms with Gasteiger partial charge in [-0.3, -0.25) is 0 Å². The lowest BCUT2D eigenvalue weighted by Crippen LogP contribution is -2.21. The highest BCUT2D eigenvalue weighted by atomic mass is 14.9. The van der Waals surface area contributed by atoms with Crippen molar-refractivity contribution in [2.24, 2.45) is 0 Å². The number of nitrogens with one attached hydrogen (secondary N) is 1. The zero-order valence-corrected chi connectivity index (χ0v) is 14.1. The van der Waals surface area contributed by atoms with Crippen molar-refractivity contribution in [3.05, 3.63) is 71.3 Å². The molecule has 2 aromatic rings. The first kappa shape index (κ1) is 17.5. The van der Waals surface area contributed by atoms with E-state index in [0.29, 0.717) is 12.0 Å². The monoisotopic (exact) mass is 283 g/mol. The van der Waals surface area contributed by atoms with Crippen molar-refractivity contribution in [3.63, 3.8) is 0 Å². The standard InChI is InChI=1S/C10H15N.C10H14/c1-9(2)11-8-10-6-4-3-5-7-10;1-8(2)10-7-5-4-6-9(10)3/h3-7,9,11H,8H2,1-2H3;4-8H,1-3H3. The van der Waals surface area contributed by atoms with Crippen molar-refractivity contribution in [1.82, 2.24) is 5.32 Å². The molecule has 0 radical (unpaired) electrons. The Morgan fingerprint density at radius 2 is 1.38 bits per heavy atom. The molecule has 114 valence electrons. The Kier molecular flexibility index (Phi) is 7.78. The summed E-state index contributed by atoms with van der Waals surface area (Å²) in [5, 5.41) is 3.36. The minimum Gasteiger partial charge on any atom is -0.310 e. The van der Waals surface area contributed by atoms with E-state index in [9.17, 15) is 0 Å². The van der Waals surface area contributed by atoms with E-state index in [-0.39, 0.29) is 0 Å². The Bertz CT molecular complexity index is 500. The van der Waals surface area contributed by atoms with Gasteiger partial charge in [0, 0.05) is 12.6 Å². The highest BCUT2D eigenvalue weighted by Gasteiger charge is 1.99. The van der Waals surface area contributed by atoms with E-state index in [2.05, 4.69) is 88.5 Å². The summed E-state index contributed by atoms with van der Waals surface area (Å²) < 4.78 is 0. The Labute approximate surface area is 130 Å². The zero-order chi connectivity index (χ0) is 15.7. The molecule has 0 amide bonds. The Morgan fingerprint density at radius 1 is 0.810 bits per heavy atom. The van der Waals surface area contributed by atoms with Gasteiger partial charge in [0.25, 0.3) is 0 Å². The van der Waals surface area contributed by atoms with E-state index < -0.39 is 0 Å². The second-order valence-electron chi connectivity index (χ2n) is 6.03. The summed E-state index contributed by atoms with van der Waals surface area (Å²) in [5.41, 5.74) is 4.21. The third-order valence-corrected chi connectivity index (χ3v) is 3.37. The maximum Gasteiger partial charge on any atom is 0.0207 e. The maximum absolute atomic E-state index is 3.36. The van der Waals surface area contributed by atoms with Crippen LogP contribution in [0.3, 0.4) is 0 Å². The molecule has 0 spiro atoms. The van der Waals surface area contributed by atoms with Crippen LogP contribution < -0.4 is 5.32 Å². The van der Waals surface area contributed by atoms with Gasteiger partial charge in [-0.1, -0.05) is 82.3 Å². The summed E-state index contributed by atoms with van der Waals surface area (Å²) in [7, 11) is 0. The van der Waals surface area contributed by atoms with Crippen LogP contribution in [0.25, 0.3) is 0 Å². The van der Waals surface area contributed by atoms with Gasteiger partial charge < -0.3 is 5.32 Å². The van der Waals surface area contributed by atoms with E-state index in [1.54, 1.807) is 0 Å². The van der Waals surface area contributed by atoms with Gasteiger partial charge in [-0.2, -0.15) is 0 Å². The van der Waals surface area contributed by atoms with Crippen molar-refractivity contribution in [2.75, 3.05) is 0 Å². The van der Waals surface area contributed by atoms with Crippen LogP contribution in [0.15, 0.2) is 54.6 Å². The fourth-order valence-electron chi connectivity index (χ4n) is 2.15. The fraction of sp³-hybridized carbons (Fsp3) is 0.400. The molecule has 0 saturated heterocycles. The summed E-state index contributed by atoms with van der Waals surface area (Å²) in [5.74, 6) is 0.654. The summed E-state index contributed by atoms with van der Waals surface area (Å²) >= 11 is 0. The van der Waals surface area contributed by atoms with E-state index >= 15 is 0 Å². The molecule has 0 bridgehead atoms. The van der Waals surface area contributed by atoms with E-state index in [1.807, 2.05) is 6.07 Å². The average Bonchev–Trinajstić information content (AvgIpc) is 2.47. The topological polar surface area (TPSA) is 12.0 Å². The van der Waals surface area contributed by atoms with Gasteiger partial charge in [-0.05, 0) is 29.5 Å². The molecule has 0 fully saturated rings. The molecule has 0 unspecified atom stereocenters. The molecule has 0 aliphatic carbocycles. The van der Waals surface area contributed by atoms with Crippen LogP contribution in [0.1, 0.15) is 50.3 Å². The Balaban J connectivity index is 0.000000211. The first-order valence-electron chi connectivity index (χ1n) is 7.83. The molecule has 1 nitrogen and oxygen atoms in total. The van der Waals surface area contributed by atoms with Crippen LogP contribution in [-0.2, 0) is 6.54 Å². The summed E-state index contributed by atoms with van der Waals surface area (Å²) in [4.78, 5) is 0. The lowest BCUT2D eigenvalue weighted by molar-refractivity contribution is 0.589. The summed E-state index contributed by atoms with van der Waals surface area (Å²) in [6.07, 6.45) is 0. The van der Waals surface area contributed by atoms with Gasteiger partial charge in [-0.25, -0.2) is 0 Å². The quantitative estimate of drug-likeness (QED) is 0.802. The van der Waals surface area contributed by atoms with Crippen LogP contribution in [0, 0.1) is 6.92 Å². The number of aryl methyl sites for hydroxylation is 1. The predicted molar refractivity (Wildman–Crippen MR) is 93.7 cm³/mol. The first-order valence-corrected chi connectivity index (χ1v) is 7.83. The minimum absolute atomic E-state index is 0.565. The van der Waals surface area contributed by atoms with E-state index in [0.717, 1.165) is 6.54 Å². The molecule has 0 heterocycles. The molecule has 1 N–H and O–H groups in total. The van der Waals surface area contributed by atoms with Gasteiger partial charge in [0.05, 0.1) is 0 Å². The van der Waals surface area contributed by atoms with Crippen LogP contribution in [0.5, 0.6) is 0 Å². The van der Waals surface area contributed by atoms with Crippen molar-refractivity contribution < 1.29 is 0 Å². The summed E-state index contributed by atoms with van der Waals surface area (Å²) in [6, 6.07) is 19.5. The van der Waals surface area contributed by atoms with Crippen molar-refractivity contribution in [2.45, 2.75) is 53.1 Å². The van der Waals surface area contributed by atoms with Gasteiger partial charge in [0.2, 0.25) is 0 Å². The molecule has 0 aliphatic heterocycles. The molecular formula is C20H29N. The smallest absolute Gasteiger partial charge is 0.0207 e. The van der Waals surface area contributed by atoms with E-state index in [1.165, 1.54) is 16.7 Å². The van der Waals surface area contributed by atoms with Crippen LogP contribution in [0.2, 0.25) is 0 Å². The first-order chi connectivity index (χ1) is 10.0. The number of benzene rings is 2. The third kappa shape index (κ3) is 7.10. The second kappa shape index (κ2) is 9.36. The molecule has 2 rings (SSSR count). The molecule has 0 saturated carbocycles. The van der Waals surface area contributed by atoms with Gasteiger partial charge >= 0.3 is 0 Å². The largest absolute Gasteiger partial charge is 0.310 e. The third-order valence-electron chi connectivity index (χ3n) is 3.37. The maximum atomic E-state index is 3.36. The number of rotatable bonds is 4. The summed E-state index contributed by atoms with van der Waals surface area (Å²) in [6.45, 7) is 11.9. The van der Waals surface area contributed by atoms with E-state index in [4.69, 9.17) is 0 Å². The Hall–Kier alpha value is -1.60. The molecule has 21 heavy (non-hydrogen) atoms. The molecule has 1 heteroatoms. The lowest BCUT2D eigenvalue weighted by atomic mass is 9.99. The molecule has 2 aromatic carbocycles. The SMILES string of the molecule is CC(C)NCc1ccccc1.Cc1ccccc1C(C)C. The minimum atomic E-state index is 0.565. The molecular weight excluding hydrogens is 254 g/mol. The van der Waals surface area contributed by atoms with Crippen molar-refractivity contribution >= 4 is 0 Å². The molecule has 0 aliphatic rings. The lowest BCUT2D eigenvalue weighted by Gasteiger charge is -2.07. The normalized spacial score (nSPS) is 10.4. The van der Waals surface area contributed by atoms with Gasteiger partial charge in [0.1, 0.15) is 0 Å². The van der Waals surface area contributed by atoms with Gasteiger partial charge in [0.15, 0.2) is 0 Å². The average molecular weight is 283 g/mol. The van der Waals surface area contributed by atoms with Crippen LogP contribution in [-0.4, -0.2) is 6.04 Å². The molecule has 0 atom stereocenters. The van der Waals surface area contributed by atoms with Crippen LogP contribution >= 0.6 is 0 Å². The second-order valence-corrected chi connectivity index (χ2v) is 6.03. The highest BCUT2D eigenvalue weighted by Crippen LogP contribution is 2.17. The highest BCUT2D eigenvalue weighted by molar-refractivity contribution is 5.27. The Morgan fingerprint density at radius 3 is 1.86 bits per heavy atom. The predicted octanol–water partition coefficient (Wildman–Crippen LogP) is 5.30. The zero-order valence-electron chi connectivity index (χ0n) is 14.1. The molecule has 0 aromatic heterocycles. The number of hydrogen-bond donors (Lipinski definition) is 1. The van der Waals surface area contributed by atoms with Gasteiger partial charge in [-0.15, -0.1) is 0 Å². The van der Waals surface area contributed by atoms with Crippen molar-refractivity contribution in [3.8, 4) is 0 Å². The fourth-order valence-corrected chi connectivity index (χ4v) is 2.15. The van der Waals surface area contributed by atoms with Crippen molar-refractivity contribution in [1.29, 1.82) is 0 Å². The van der Waals surface area contributed by atoms with Crippen LogP contribution in [0.4, 0.5) is 0 Å².